The first-order valence-corrected chi connectivity index (χ1v) is 18.8. The Hall–Kier alpha value is -3.73. The van der Waals surface area contributed by atoms with Crippen LogP contribution in [0.25, 0.3) is 11.1 Å². The lowest BCUT2D eigenvalue weighted by Gasteiger charge is -2.43. The topological polar surface area (TPSA) is 105 Å². The number of anilines is 2. The Labute approximate surface area is 285 Å². The van der Waals surface area contributed by atoms with Crippen molar-refractivity contribution in [3.8, 4) is 11.1 Å². The van der Waals surface area contributed by atoms with Crippen LogP contribution in [-0.2, 0) is 42.2 Å². The third-order valence-corrected chi connectivity index (χ3v) is 15.9. The molecule has 50 heavy (non-hydrogen) atoms. The van der Waals surface area contributed by atoms with E-state index < -0.39 is 69.9 Å². The normalized spacial score (nSPS) is 19.0. The molecule has 0 saturated carbocycles. The molecule has 0 bridgehead atoms. The number of sulfone groups is 2. The molecule has 17 heteroatoms. The highest BCUT2D eigenvalue weighted by Gasteiger charge is 2.57. The van der Waals surface area contributed by atoms with Crippen molar-refractivity contribution in [1.82, 2.24) is 4.98 Å². The molecule has 0 unspecified atom stereocenters. The highest BCUT2D eigenvalue weighted by atomic mass is 32.3. The molecule has 2 aliphatic heterocycles. The van der Waals surface area contributed by atoms with Crippen LogP contribution in [0.1, 0.15) is 55.4 Å². The molecule has 3 aromatic rings. The second kappa shape index (κ2) is 12.5. The quantitative estimate of drug-likeness (QED) is 0.268. The Kier molecular flexibility index (Phi) is 9.38. The molecule has 2 aromatic carbocycles. The number of hydrogen-bond donors (Lipinski definition) is 0. The minimum atomic E-state index is -5.13. The molecular weight excluding hydrogens is 715 g/mol. The van der Waals surface area contributed by atoms with Crippen molar-refractivity contribution in [2.24, 2.45) is 0 Å². The average Bonchev–Trinajstić information content (AvgIpc) is 3.02. The molecule has 1 spiro atoms. The Morgan fingerprint density at radius 2 is 1.34 bits per heavy atom. The van der Waals surface area contributed by atoms with Gasteiger partial charge in [0, 0.05) is 25.7 Å². The summed E-state index contributed by atoms with van der Waals surface area (Å²) in [6.45, 7) is 4.00. The molecule has 1 amide bonds. The number of aryl methyl sites for hydroxylation is 1. The Morgan fingerprint density at radius 1 is 0.820 bits per heavy atom. The lowest BCUT2D eigenvalue weighted by atomic mass is 9.81. The van der Waals surface area contributed by atoms with Crippen molar-refractivity contribution in [2.75, 3.05) is 41.4 Å². The van der Waals surface area contributed by atoms with Gasteiger partial charge < -0.3 is 9.80 Å². The van der Waals surface area contributed by atoms with Gasteiger partial charge >= 0.3 is 12.4 Å². The van der Waals surface area contributed by atoms with Crippen LogP contribution < -0.4 is 9.80 Å². The molecule has 2 aliphatic rings. The van der Waals surface area contributed by atoms with Gasteiger partial charge in [-0.3, -0.25) is 4.79 Å². The summed E-state index contributed by atoms with van der Waals surface area (Å²) < 4.78 is 146. The van der Waals surface area contributed by atoms with Crippen LogP contribution in [0.2, 0.25) is 0 Å². The standard InChI is InChI=1S/C33H34F7N3O5S2/c1-20-14-24(34)6-7-25(20)26-18-28(43-10-8-31(9-11-43)49(45,46)12-5-13-50(31,47)48)41-19-27(26)42(4)29(44)30(2,3)21-15-22(32(35,36)37)17-23(16-21)33(38,39)40/h6-7,14-19H,5,8-13H2,1-4H3. The van der Waals surface area contributed by atoms with Crippen molar-refractivity contribution in [3.05, 3.63) is 76.7 Å². The highest BCUT2D eigenvalue weighted by Crippen LogP contribution is 2.44. The smallest absolute Gasteiger partial charge is 0.356 e. The van der Waals surface area contributed by atoms with Gasteiger partial charge in [0.05, 0.1) is 39.9 Å². The lowest BCUT2D eigenvalue weighted by molar-refractivity contribution is -0.143. The van der Waals surface area contributed by atoms with Crippen LogP contribution in [0, 0.1) is 12.7 Å². The van der Waals surface area contributed by atoms with Crippen molar-refractivity contribution >= 4 is 37.1 Å². The third-order valence-electron chi connectivity index (χ3n) is 9.67. The zero-order chi connectivity index (χ0) is 37.2. The van der Waals surface area contributed by atoms with Gasteiger partial charge in [0.15, 0.2) is 23.8 Å². The predicted octanol–water partition coefficient (Wildman–Crippen LogP) is 6.70. The number of halogens is 7. The van der Waals surface area contributed by atoms with E-state index in [1.807, 2.05) is 0 Å². The average molecular weight is 750 g/mol. The molecule has 272 valence electrons. The van der Waals surface area contributed by atoms with Crippen LogP contribution in [0.5, 0.6) is 0 Å². The molecule has 0 radical (unpaired) electrons. The van der Waals surface area contributed by atoms with Gasteiger partial charge in [0.25, 0.3) is 0 Å². The monoisotopic (exact) mass is 749 g/mol. The predicted molar refractivity (Wildman–Crippen MR) is 174 cm³/mol. The number of nitrogens with zero attached hydrogens (tertiary/aromatic N) is 3. The van der Waals surface area contributed by atoms with Gasteiger partial charge in [-0.05, 0) is 93.1 Å². The van der Waals surface area contributed by atoms with Crippen LogP contribution in [0.4, 0.5) is 42.2 Å². The van der Waals surface area contributed by atoms with Crippen LogP contribution >= 0.6 is 0 Å². The number of amides is 1. The Bertz CT molecular complexity index is 1990. The summed E-state index contributed by atoms with van der Waals surface area (Å²) >= 11 is 0. The summed E-state index contributed by atoms with van der Waals surface area (Å²) in [6, 6.07) is 6.37. The van der Waals surface area contributed by atoms with Gasteiger partial charge in [-0.25, -0.2) is 26.2 Å². The molecule has 8 nitrogen and oxygen atoms in total. The number of benzene rings is 2. The highest BCUT2D eigenvalue weighted by molar-refractivity contribution is 8.10. The third kappa shape index (κ3) is 6.58. The fourth-order valence-electron chi connectivity index (χ4n) is 6.69. The Balaban J connectivity index is 1.56. The van der Waals surface area contributed by atoms with E-state index in [0.29, 0.717) is 28.8 Å². The summed E-state index contributed by atoms with van der Waals surface area (Å²) in [5.74, 6) is -1.63. The lowest BCUT2D eigenvalue weighted by Crippen LogP contribution is -2.58. The minimum Gasteiger partial charge on any atom is -0.356 e. The summed E-state index contributed by atoms with van der Waals surface area (Å²) in [6.07, 6.45) is -9.36. The van der Waals surface area contributed by atoms with Gasteiger partial charge in [-0.1, -0.05) is 6.07 Å². The van der Waals surface area contributed by atoms with E-state index in [9.17, 15) is 52.4 Å². The van der Waals surface area contributed by atoms with E-state index in [1.54, 1.807) is 17.9 Å². The van der Waals surface area contributed by atoms with Gasteiger partial charge in [0.1, 0.15) is 11.6 Å². The van der Waals surface area contributed by atoms with Crippen LogP contribution in [0.3, 0.4) is 0 Å². The van der Waals surface area contributed by atoms with E-state index in [0.717, 1.165) is 4.90 Å². The van der Waals surface area contributed by atoms with Crippen molar-refractivity contribution < 1.29 is 52.4 Å². The van der Waals surface area contributed by atoms with E-state index in [4.69, 9.17) is 0 Å². The molecule has 0 aliphatic carbocycles. The first kappa shape index (κ1) is 37.5. The van der Waals surface area contributed by atoms with Crippen molar-refractivity contribution in [2.45, 2.75) is 61.9 Å². The second-order valence-electron chi connectivity index (χ2n) is 13.2. The first-order chi connectivity index (χ1) is 22.9. The maximum absolute atomic E-state index is 14.2. The van der Waals surface area contributed by atoms with Gasteiger partial charge in [-0.2, -0.15) is 26.3 Å². The van der Waals surface area contributed by atoms with E-state index >= 15 is 0 Å². The number of carbonyl (C=O) groups excluding carboxylic acids is 1. The van der Waals surface area contributed by atoms with Crippen LogP contribution in [0.15, 0.2) is 48.7 Å². The first-order valence-electron chi connectivity index (χ1n) is 15.5. The number of aromatic nitrogens is 1. The van der Waals surface area contributed by atoms with Gasteiger partial charge in [0.2, 0.25) is 5.91 Å². The SMILES string of the molecule is Cc1cc(F)ccc1-c1cc(N2CCC3(CC2)S(=O)(=O)CCCS3(=O)=O)ncc1N(C)C(=O)C(C)(C)c1cc(C(F)(F)F)cc(C(F)(F)F)c1. The fourth-order valence-corrected chi connectivity index (χ4v) is 12.3. The van der Waals surface area contributed by atoms with Crippen LogP contribution in [-0.4, -0.2) is 63.4 Å². The molecule has 2 fully saturated rings. The maximum Gasteiger partial charge on any atom is 0.416 e. The summed E-state index contributed by atoms with van der Waals surface area (Å²) in [7, 11) is -6.61. The number of carbonyl (C=O) groups is 1. The number of piperidine rings is 1. The number of rotatable bonds is 5. The molecule has 0 atom stereocenters. The molecule has 5 rings (SSSR count). The maximum atomic E-state index is 14.2. The second-order valence-corrected chi connectivity index (χ2v) is 18.3. The summed E-state index contributed by atoms with van der Waals surface area (Å²) in [4.78, 5) is 21.2. The molecule has 3 heterocycles. The molecule has 2 saturated heterocycles. The molecule has 0 N–H and O–H groups in total. The van der Waals surface area contributed by atoms with Gasteiger partial charge in [-0.15, -0.1) is 0 Å². The van der Waals surface area contributed by atoms with Crippen molar-refractivity contribution in [1.29, 1.82) is 0 Å². The van der Waals surface area contributed by atoms with Crippen molar-refractivity contribution in [3.63, 3.8) is 0 Å². The fraction of sp³-hybridized carbons (Fsp3) is 0.455. The Morgan fingerprint density at radius 3 is 1.84 bits per heavy atom. The largest absolute Gasteiger partial charge is 0.416 e. The number of alkyl halides is 6. The molecular formula is C33H34F7N3O5S2. The summed E-state index contributed by atoms with van der Waals surface area (Å²) in [5, 5.41) is 0. The summed E-state index contributed by atoms with van der Waals surface area (Å²) in [5.41, 5.74) is -4.36. The van der Waals surface area contributed by atoms with E-state index in [2.05, 4.69) is 4.98 Å². The number of hydrogen-bond acceptors (Lipinski definition) is 7. The van der Waals surface area contributed by atoms with E-state index in [1.165, 1.54) is 45.3 Å². The molecule has 1 aromatic heterocycles. The zero-order valence-corrected chi connectivity index (χ0v) is 29.0. The minimum absolute atomic E-state index is 0.00549. The number of pyridine rings is 1. The van der Waals surface area contributed by atoms with E-state index in [-0.39, 0.29) is 61.4 Å². The number of likely N-dealkylation sites (N-methyl/N-ethyl adjacent to an activating group) is 1. The zero-order valence-electron chi connectivity index (χ0n) is 27.4.